The van der Waals surface area contributed by atoms with Crippen molar-refractivity contribution in [2.75, 3.05) is 5.32 Å². The standard InChI is InChI=1S/C23H15F7N4O/c1-10(2)11-3-5-12(6-4-11)16-8-17(23(28,29)30)34-21(32-16)13(9-31-34)22(35)33-20-18(26)14(24)7-15(25)19(20)27/h3-10H,1-2H3,(H,33,35). The molecule has 182 valence electrons. The number of alkyl halides is 3. The van der Waals surface area contributed by atoms with E-state index in [2.05, 4.69) is 10.1 Å². The minimum atomic E-state index is -4.91. The number of amides is 1. The zero-order chi connectivity index (χ0) is 25.7. The van der Waals surface area contributed by atoms with Gasteiger partial charge in [-0.05, 0) is 17.5 Å². The Labute approximate surface area is 193 Å². The maximum absolute atomic E-state index is 14.0. The fraction of sp³-hybridized carbons (Fsp3) is 0.174. The van der Waals surface area contributed by atoms with E-state index in [4.69, 9.17) is 0 Å². The van der Waals surface area contributed by atoms with E-state index in [0.717, 1.165) is 11.6 Å². The van der Waals surface area contributed by atoms with Gasteiger partial charge in [0.2, 0.25) is 0 Å². The molecule has 2 aromatic carbocycles. The molecule has 2 heterocycles. The number of carbonyl (C=O) groups excluding carboxylic acids is 1. The number of aromatic nitrogens is 3. The number of carbonyl (C=O) groups is 1. The molecule has 1 N–H and O–H groups in total. The first kappa shape index (κ1) is 24.2. The quantitative estimate of drug-likeness (QED) is 0.265. The molecule has 2 aromatic heterocycles. The Hall–Kier alpha value is -3.96. The van der Waals surface area contributed by atoms with E-state index in [0.29, 0.717) is 16.3 Å². The molecular weight excluding hydrogens is 481 g/mol. The molecule has 0 bridgehead atoms. The average molecular weight is 496 g/mol. The second-order valence-electron chi connectivity index (χ2n) is 7.89. The number of nitrogens with one attached hydrogen (secondary N) is 1. The van der Waals surface area contributed by atoms with Crippen LogP contribution in [0.15, 0.2) is 42.6 Å². The highest BCUT2D eigenvalue weighted by Crippen LogP contribution is 2.33. The van der Waals surface area contributed by atoms with E-state index < -0.39 is 57.9 Å². The highest BCUT2D eigenvalue weighted by atomic mass is 19.4. The van der Waals surface area contributed by atoms with Gasteiger partial charge in [0.15, 0.2) is 34.6 Å². The van der Waals surface area contributed by atoms with Gasteiger partial charge < -0.3 is 5.32 Å². The molecule has 0 aliphatic rings. The summed E-state index contributed by atoms with van der Waals surface area (Å²) < 4.78 is 96.5. The maximum Gasteiger partial charge on any atom is 0.433 e. The number of hydrogen-bond donors (Lipinski definition) is 1. The molecule has 0 atom stereocenters. The first-order valence-corrected chi connectivity index (χ1v) is 10.1. The van der Waals surface area contributed by atoms with Gasteiger partial charge in [0.1, 0.15) is 11.3 Å². The van der Waals surface area contributed by atoms with Gasteiger partial charge in [-0.2, -0.15) is 18.3 Å². The van der Waals surface area contributed by atoms with Crippen molar-refractivity contribution < 1.29 is 35.5 Å². The lowest BCUT2D eigenvalue weighted by Gasteiger charge is -2.13. The maximum atomic E-state index is 14.0. The highest BCUT2D eigenvalue weighted by Gasteiger charge is 2.36. The van der Waals surface area contributed by atoms with Crippen LogP contribution in [0.1, 0.15) is 41.4 Å². The van der Waals surface area contributed by atoms with E-state index in [-0.39, 0.29) is 17.7 Å². The molecule has 35 heavy (non-hydrogen) atoms. The second kappa shape index (κ2) is 8.67. The predicted octanol–water partition coefficient (Wildman–Crippen LogP) is 6.35. The Morgan fingerprint density at radius 1 is 0.971 bits per heavy atom. The van der Waals surface area contributed by atoms with Gasteiger partial charge >= 0.3 is 6.18 Å². The molecule has 0 saturated carbocycles. The van der Waals surface area contributed by atoms with Crippen LogP contribution in [0.25, 0.3) is 16.9 Å². The van der Waals surface area contributed by atoms with Crippen LogP contribution in [0.5, 0.6) is 0 Å². The zero-order valence-corrected chi connectivity index (χ0v) is 18.0. The number of anilines is 1. The van der Waals surface area contributed by atoms with Crippen molar-refractivity contribution in [2.24, 2.45) is 0 Å². The van der Waals surface area contributed by atoms with Crippen molar-refractivity contribution in [3.8, 4) is 11.3 Å². The number of rotatable bonds is 4. The minimum absolute atomic E-state index is 0.0519. The molecule has 0 aliphatic carbocycles. The Kier molecular flexibility index (Phi) is 5.99. The monoisotopic (exact) mass is 496 g/mol. The third-order valence-electron chi connectivity index (χ3n) is 5.23. The molecule has 12 heteroatoms. The van der Waals surface area contributed by atoms with Crippen LogP contribution >= 0.6 is 0 Å². The van der Waals surface area contributed by atoms with Crippen LogP contribution in [0, 0.1) is 23.3 Å². The fourth-order valence-corrected chi connectivity index (χ4v) is 3.38. The Balaban J connectivity index is 1.85. The van der Waals surface area contributed by atoms with Crippen LogP contribution < -0.4 is 5.32 Å². The average Bonchev–Trinajstić information content (AvgIpc) is 3.23. The summed E-state index contributed by atoms with van der Waals surface area (Å²) in [5.41, 5.74) is -2.82. The fourth-order valence-electron chi connectivity index (χ4n) is 3.38. The molecule has 0 unspecified atom stereocenters. The van der Waals surface area contributed by atoms with E-state index in [9.17, 15) is 35.5 Å². The normalized spacial score (nSPS) is 11.9. The summed E-state index contributed by atoms with van der Waals surface area (Å²) in [6.45, 7) is 3.88. The molecule has 5 nitrogen and oxygen atoms in total. The van der Waals surface area contributed by atoms with Crippen molar-refractivity contribution >= 4 is 17.2 Å². The van der Waals surface area contributed by atoms with E-state index in [1.807, 2.05) is 13.8 Å². The first-order valence-electron chi connectivity index (χ1n) is 10.1. The summed E-state index contributed by atoms with van der Waals surface area (Å²) in [7, 11) is 0. The summed E-state index contributed by atoms with van der Waals surface area (Å²) in [6.07, 6.45) is -4.21. The number of nitrogens with zero attached hydrogens (tertiary/aromatic N) is 3. The molecule has 4 aromatic rings. The number of fused-ring (bicyclic) bond motifs is 1. The third-order valence-corrected chi connectivity index (χ3v) is 5.23. The van der Waals surface area contributed by atoms with E-state index in [1.165, 1.54) is 0 Å². The molecule has 0 fully saturated rings. The highest BCUT2D eigenvalue weighted by molar-refractivity contribution is 6.08. The third kappa shape index (κ3) is 4.43. The minimum Gasteiger partial charge on any atom is -0.317 e. The topological polar surface area (TPSA) is 59.3 Å². The van der Waals surface area contributed by atoms with Gasteiger partial charge in [-0.3, -0.25) is 4.79 Å². The van der Waals surface area contributed by atoms with Gasteiger partial charge in [0.25, 0.3) is 5.91 Å². The summed E-state index contributed by atoms with van der Waals surface area (Å²) in [5.74, 6) is -8.53. The Morgan fingerprint density at radius 3 is 2.11 bits per heavy atom. The SMILES string of the molecule is CC(C)c1ccc(-c2cc(C(F)(F)F)n3ncc(C(=O)Nc4c(F)c(F)cc(F)c4F)c3n2)cc1. The number of hydrogen-bond acceptors (Lipinski definition) is 3. The van der Waals surface area contributed by atoms with Crippen LogP contribution in [0.3, 0.4) is 0 Å². The van der Waals surface area contributed by atoms with E-state index in [1.54, 1.807) is 29.6 Å². The largest absolute Gasteiger partial charge is 0.433 e. The lowest BCUT2D eigenvalue weighted by molar-refractivity contribution is -0.142. The predicted molar refractivity (Wildman–Crippen MR) is 112 cm³/mol. The van der Waals surface area contributed by atoms with Crippen LogP contribution in [-0.4, -0.2) is 20.5 Å². The van der Waals surface area contributed by atoms with Gasteiger partial charge in [-0.1, -0.05) is 38.1 Å². The molecule has 1 amide bonds. The van der Waals surface area contributed by atoms with Crippen molar-refractivity contribution in [2.45, 2.75) is 25.9 Å². The zero-order valence-electron chi connectivity index (χ0n) is 18.0. The Bertz CT molecular complexity index is 1420. The summed E-state index contributed by atoms with van der Waals surface area (Å²) in [5, 5.41) is 5.19. The van der Waals surface area contributed by atoms with Gasteiger partial charge in [-0.15, -0.1) is 0 Å². The second-order valence-corrected chi connectivity index (χ2v) is 7.89. The van der Waals surface area contributed by atoms with Crippen molar-refractivity contribution in [3.05, 3.63) is 82.7 Å². The molecule has 0 saturated heterocycles. The van der Waals surface area contributed by atoms with Crippen molar-refractivity contribution in [3.63, 3.8) is 0 Å². The molecule has 0 spiro atoms. The van der Waals surface area contributed by atoms with E-state index >= 15 is 0 Å². The summed E-state index contributed by atoms with van der Waals surface area (Å²) in [4.78, 5) is 16.8. The number of benzene rings is 2. The van der Waals surface area contributed by atoms with Crippen LogP contribution in [-0.2, 0) is 6.18 Å². The summed E-state index contributed by atoms with van der Waals surface area (Å²) >= 11 is 0. The molecule has 0 radical (unpaired) electrons. The molecule has 4 rings (SSSR count). The lowest BCUT2D eigenvalue weighted by atomic mass is 10.0. The van der Waals surface area contributed by atoms with Gasteiger partial charge in [-0.25, -0.2) is 27.1 Å². The van der Waals surface area contributed by atoms with Crippen molar-refractivity contribution in [1.82, 2.24) is 14.6 Å². The van der Waals surface area contributed by atoms with Crippen LogP contribution in [0.2, 0.25) is 0 Å². The lowest BCUT2D eigenvalue weighted by Crippen LogP contribution is -2.17. The first-order chi connectivity index (χ1) is 16.4. The van der Waals surface area contributed by atoms with Gasteiger partial charge in [0.05, 0.1) is 11.9 Å². The van der Waals surface area contributed by atoms with Crippen LogP contribution in [0.4, 0.5) is 36.4 Å². The molecule has 0 aliphatic heterocycles. The number of halogens is 7. The van der Waals surface area contributed by atoms with Gasteiger partial charge in [0, 0.05) is 11.6 Å². The van der Waals surface area contributed by atoms with Crippen molar-refractivity contribution in [1.29, 1.82) is 0 Å². The smallest absolute Gasteiger partial charge is 0.317 e. The summed E-state index contributed by atoms with van der Waals surface area (Å²) in [6, 6.07) is 7.24. The molecular formula is C23H15F7N4O. The Morgan fingerprint density at radius 2 is 1.57 bits per heavy atom.